The first-order valence-electron chi connectivity index (χ1n) is 6.50. The van der Waals surface area contributed by atoms with E-state index in [1.165, 1.54) is 0 Å². The summed E-state index contributed by atoms with van der Waals surface area (Å²) in [5.74, 6) is 0. The first kappa shape index (κ1) is 17.2. The van der Waals surface area contributed by atoms with Gasteiger partial charge in [-0.15, -0.1) is 0 Å². The van der Waals surface area contributed by atoms with Crippen LogP contribution in [0.4, 0.5) is 4.79 Å². The summed E-state index contributed by atoms with van der Waals surface area (Å²) in [6.45, 7) is 15.2. The van der Waals surface area contributed by atoms with Crippen molar-refractivity contribution in [3.8, 4) is 0 Å². The van der Waals surface area contributed by atoms with E-state index in [4.69, 9.17) is 4.74 Å². The maximum absolute atomic E-state index is 11.8. The fraction of sp³-hybridized carbons (Fsp3) is 0.846. The second-order valence-corrected chi connectivity index (χ2v) is 12.1. The minimum Gasteiger partial charge on any atom is -0.450 e. The second kappa shape index (κ2) is 6.36. The molecule has 4 nitrogen and oxygen atoms in total. The Balaban J connectivity index is 4.70. The minimum atomic E-state index is -1.74. The summed E-state index contributed by atoms with van der Waals surface area (Å²) < 4.78 is 5.46. The molecule has 106 valence electrons. The van der Waals surface area contributed by atoms with E-state index < -0.39 is 14.2 Å². The van der Waals surface area contributed by atoms with Crippen molar-refractivity contribution in [2.75, 3.05) is 6.54 Å². The van der Waals surface area contributed by atoms with E-state index in [-0.39, 0.29) is 10.8 Å². The third kappa shape index (κ3) is 4.12. The molecule has 0 N–H and O–H groups in total. The molecule has 18 heavy (non-hydrogen) atoms. The molecule has 1 atom stereocenters. The monoisotopic (exact) mass is 273 g/mol. The Kier molecular flexibility index (Phi) is 6.06. The molecule has 1 unspecified atom stereocenters. The smallest absolute Gasteiger partial charge is 0.416 e. The third-order valence-corrected chi connectivity index (χ3v) is 10.1. The molecular formula is C13H27NO3Si. The quantitative estimate of drug-likeness (QED) is 0.569. The number of nitrogens with zero attached hydrogens (tertiary/aromatic N) is 1. The van der Waals surface area contributed by atoms with Gasteiger partial charge in [-0.2, -0.15) is 0 Å². The second-order valence-electron chi connectivity index (χ2n) is 6.30. The molecule has 0 saturated carbocycles. The van der Waals surface area contributed by atoms with E-state index in [0.29, 0.717) is 13.0 Å². The molecule has 2 amide bonds. The van der Waals surface area contributed by atoms with Gasteiger partial charge in [-0.3, -0.25) is 9.69 Å². The Morgan fingerprint density at radius 2 is 1.89 bits per heavy atom. The minimum absolute atomic E-state index is 0.121. The molecule has 0 aromatic rings. The molecule has 0 aliphatic carbocycles. The number of hydrogen-bond donors (Lipinski definition) is 0. The predicted molar refractivity (Wildman–Crippen MR) is 76.2 cm³/mol. The van der Waals surface area contributed by atoms with Crippen LogP contribution in [0.15, 0.2) is 0 Å². The van der Waals surface area contributed by atoms with Crippen LogP contribution >= 0.6 is 0 Å². The van der Waals surface area contributed by atoms with Gasteiger partial charge in [0.1, 0.15) is 8.07 Å². The number of imide groups is 1. The fourth-order valence-electron chi connectivity index (χ4n) is 1.40. The van der Waals surface area contributed by atoms with Crippen molar-refractivity contribution < 1.29 is 14.3 Å². The molecule has 0 fully saturated rings. The topological polar surface area (TPSA) is 46.6 Å². The van der Waals surface area contributed by atoms with Gasteiger partial charge in [0, 0.05) is 6.54 Å². The predicted octanol–water partition coefficient (Wildman–Crippen LogP) is 3.43. The zero-order valence-corrected chi connectivity index (χ0v) is 13.7. The van der Waals surface area contributed by atoms with Crippen molar-refractivity contribution in [2.24, 2.45) is 0 Å². The van der Waals surface area contributed by atoms with Crippen LogP contribution in [0.3, 0.4) is 0 Å². The molecule has 0 aliphatic rings. The van der Waals surface area contributed by atoms with Gasteiger partial charge in [0.25, 0.3) is 0 Å². The van der Waals surface area contributed by atoms with Crippen LogP contribution in [-0.2, 0) is 9.53 Å². The first-order valence-corrected chi connectivity index (χ1v) is 9.58. The summed E-state index contributed by atoms with van der Waals surface area (Å²) >= 11 is 0. The van der Waals surface area contributed by atoms with Gasteiger partial charge in [-0.25, -0.2) is 4.79 Å². The summed E-state index contributed by atoms with van der Waals surface area (Å²) in [7, 11) is -1.74. The molecule has 0 bridgehead atoms. The maximum Gasteiger partial charge on any atom is 0.416 e. The Morgan fingerprint density at radius 1 is 1.39 bits per heavy atom. The molecule has 0 aliphatic heterocycles. The van der Waals surface area contributed by atoms with Gasteiger partial charge in [0.2, 0.25) is 6.41 Å². The van der Waals surface area contributed by atoms with Gasteiger partial charge < -0.3 is 4.74 Å². The van der Waals surface area contributed by atoms with Crippen molar-refractivity contribution in [2.45, 2.75) is 64.9 Å². The molecule has 0 aromatic carbocycles. The lowest BCUT2D eigenvalue weighted by molar-refractivity contribution is -0.116. The lowest BCUT2D eigenvalue weighted by Crippen LogP contribution is -2.51. The van der Waals surface area contributed by atoms with Crippen LogP contribution in [0.25, 0.3) is 0 Å². The molecule has 0 rings (SSSR count). The van der Waals surface area contributed by atoms with Crippen molar-refractivity contribution in [1.29, 1.82) is 0 Å². The number of ether oxygens (including phenoxy) is 1. The third-order valence-electron chi connectivity index (χ3n) is 4.05. The standard InChI is InChI=1S/C13H27NO3Si/c1-8-9-14(10-15)12(16)17-11(2)18(6,7)13(3,4)5/h10-11H,8-9H2,1-7H3. The first-order chi connectivity index (χ1) is 8.07. The molecule has 0 radical (unpaired) electrons. The van der Waals surface area contributed by atoms with Crippen LogP contribution in [-0.4, -0.2) is 37.7 Å². The Bertz CT molecular complexity index is 297. The van der Waals surface area contributed by atoms with Crippen LogP contribution in [0, 0.1) is 0 Å². The number of carbonyl (C=O) groups excluding carboxylic acids is 2. The molecule has 0 heterocycles. The average molecular weight is 273 g/mol. The highest BCUT2D eigenvalue weighted by atomic mass is 28.3. The Labute approximate surface area is 112 Å². The van der Waals surface area contributed by atoms with E-state index in [0.717, 1.165) is 11.3 Å². The lowest BCUT2D eigenvalue weighted by atomic mass is 10.2. The summed E-state index contributed by atoms with van der Waals surface area (Å²) in [6.07, 6.45) is 0.760. The van der Waals surface area contributed by atoms with Gasteiger partial charge in [0.05, 0.1) is 5.73 Å². The van der Waals surface area contributed by atoms with E-state index in [2.05, 4.69) is 33.9 Å². The average Bonchev–Trinajstić information content (AvgIpc) is 2.23. The van der Waals surface area contributed by atoms with Gasteiger partial charge in [-0.1, -0.05) is 40.8 Å². The highest BCUT2D eigenvalue weighted by Gasteiger charge is 2.42. The summed E-state index contributed by atoms with van der Waals surface area (Å²) in [6, 6.07) is 0. The van der Waals surface area contributed by atoms with Crippen molar-refractivity contribution in [3.05, 3.63) is 0 Å². The Morgan fingerprint density at radius 3 is 2.22 bits per heavy atom. The van der Waals surface area contributed by atoms with Gasteiger partial charge in [0.15, 0.2) is 0 Å². The maximum atomic E-state index is 11.8. The van der Waals surface area contributed by atoms with Crippen LogP contribution in [0.1, 0.15) is 41.0 Å². The van der Waals surface area contributed by atoms with Crippen molar-refractivity contribution >= 4 is 20.6 Å². The number of rotatable bonds is 5. The highest BCUT2D eigenvalue weighted by Crippen LogP contribution is 2.39. The number of carbonyl (C=O) groups is 2. The van der Waals surface area contributed by atoms with E-state index in [9.17, 15) is 9.59 Å². The van der Waals surface area contributed by atoms with Crippen LogP contribution in [0.2, 0.25) is 18.1 Å². The molecule has 0 saturated heterocycles. The largest absolute Gasteiger partial charge is 0.450 e. The van der Waals surface area contributed by atoms with Gasteiger partial charge >= 0.3 is 6.09 Å². The zero-order chi connectivity index (χ0) is 14.6. The molecule has 0 aromatic heterocycles. The van der Waals surface area contributed by atoms with Crippen molar-refractivity contribution in [1.82, 2.24) is 4.90 Å². The number of hydrogen-bond acceptors (Lipinski definition) is 3. The van der Waals surface area contributed by atoms with Crippen LogP contribution in [0.5, 0.6) is 0 Å². The summed E-state index contributed by atoms with van der Waals surface area (Å²) in [5, 5.41) is 0.142. The zero-order valence-electron chi connectivity index (χ0n) is 12.7. The number of amides is 2. The highest BCUT2D eigenvalue weighted by molar-refractivity contribution is 6.81. The SMILES string of the molecule is CCCN(C=O)C(=O)OC(C)[Si](C)(C)C(C)(C)C. The fourth-order valence-corrected chi connectivity index (χ4v) is 3.02. The van der Waals surface area contributed by atoms with Crippen molar-refractivity contribution in [3.63, 3.8) is 0 Å². The van der Waals surface area contributed by atoms with Crippen LogP contribution < -0.4 is 0 Å². The van der Waals surface area contributed by atoms with E-state index in [1.54, 1.807) is 0 Å². The lowest BCUT2D eigenvalue weighted by Gasteiger charge is -2.41. The molecule has 5 heteroatoms. The van der Waals surface area contributed by atoms with E-state index >= 15 is 0 Å². The van der Waals surface area contributed by atoms with Gasteiger partial charge in [-0.05, 0) is 18.4 Å². The molecule has 0 spiro atoms. The molecular weight excluding hydrogens is 246 g/mol. The van der Waals surface area contributed by atoms with E-state index in [1.807, 2.05) is 13.8 Å². The normalized spacial score (nSPS) is 13.9. The summed E-state index contributed by atoms with van der Waals surface area (Å²) in [4.78, 5) is 23.7. The summed E-state index contributed by atoms with van der Waals surface area (Å²) in [5.41, 5.74) is -0.121. The Hall–Kier alpha value is -0.843.